The van der Waals surface area contributed by atoms with Crippen molar-refractivity contribution < 1.29 is 23.9 Å². The number of nitrogens with one attached hydrogen (secondary N) is 1. The molecule has 2 aromatic heterocycles. The molecule has 1 saturated heterocycles. The van der Waals surface area contributed by atoms with E-state index in [1.54, 1.807) is 26.0 Å². The lowest BCUT2D eigenvalue weighted by Crippen LogP contribution is -2.61. The number of carbonyl (C=O) groups is 3. The van der Waals surface area contributed by atoms with Crippen molar-refractivity contribution in [2.45, 2.75) is 44.4 Å². The van der Waals surface area contributed by atoms with E-state index in [0.29, 0.717) is 17.5 Å². The van der Waals surface area contributed by atoms with E-state index in [2.05, 4.69) is 14.5 Å². The van der Waals surface area contributed by atoms with Crippen LogP contribution in [0.15, 0.2) is 48.5 Å². The molecule has 3 aliphatic rings. The first-order chi connectivity index (χ1) is 18.8. The van der Waals surface area contributed by atoms with E-state index in [4.69, 9.17) is 9.47 Å². The standard InChI is InChI=1S/C30H26N4O5/c1-14(35)32(3)19-13-20-33-17-11-7-5-9-15(17)21-23-24(29(37)31-28(23)36)22-16-10-6-8-12-18(16)34(26(22)25(21)33)30(2,39-20)27(19)38-4/h5-12,19-20,27H,13H2,1-4H3,(H,31,36,37). The third-order valence-electron chi connectivity index (χ3n) is 9.12. The molecule has 5 heterocycles. The Balaban J connectivity index is 1.67. The average molecular weight is 523 g/mol. The molecule has 0 aliphatic carbocycles. The summed E-state index contributed by atoms with van der Waals surface area (Å²) < 4.78 is 17.5. The van der Waals surface area contributed by atoms with E-state index in [-0.39, 0.29) is 17.9 Å². The highest BCUT2D eigenvalue weighted by Gasteiger charge is 2.55. The first-order valence-corrected chi connectivity index (χ1v) is 13.1. The monoisotopic (exact) mass is 522 g/mol. The minimum absolute atomic E-state index is 0.0620. The van der Waals surface area contributed by atoms with Crippen LogP contribution >= 0.6 is 0 Å². The number of hydrogen-bond donors (Lipinski definition) is 1. The van der Waals surface area contributed by atoms with Crippen molar-refractivity contribution in [1.29, 1.82) is 0 Å². The topological polar surface area (TPSA) is 94.8 Å². The van der Waals surface area contributed by atoms with Crippen LogP contribution in [-0.2, 0) is 20.0 Å². The summed E-state index contributed by atoms with van der Waals surface area (Å²) in [7, 11) is 3.45. The van der Waals surface area contributed by atoms with Crippen LogP contribution in [0.5, 0.6) is 0 Å². The number of methoxy groups -OCH3 is 1. The van der Waals surface area contributed by atoms with Gasteiger partial charge < -0.3 is 23.5 Å². The van der Waals surface area contributed by atoms with Crippen molar-refractivity contribution in [3.63, 3.8) is 0 Å². The van der Waals surface area contributed by atoms with Crippen molar-refractivity contribution in [3.05, 3.63) is 59.7 Å². The van der Waals surface area contributed by atoms with Gasteiger partial charge in [0.2, 0.25) is 5.91 Å². The molecular formula is C30H26N4O5. The lowest BCUT2D eigenvalue weighted by Gasteiger charge is -2.50. The maximum Gasteiger partial charge on any atom is 0.259 e. The number of ether oxygens (including phenoxy) is 2. The third kappa shape index (κ3) is 2.50. The second-order valence-electron chi connectivity index (χ2n) is 10.9. The number of aromatic nitrogens is 2. The van der Waals surface area contributed by atoms with E-state index in [1.807, 2.05) is 55.5 Å². The zero-order chi connectivity index (χ0) is 27.0. The van der Waals surface area contributed by atoms with Gasteiger partial charge in [0.1, 0.15) is 12.3 Å². The fraction of sp³-hybridized carbons (Fsp3) is 0.300. The molecule has 3 aliphatic heterocycles. The zero-order valence-corrected chi connectivity index (χ0v) is 21.9. The van der Waals surface area contributed by atoms with Gasteiger partial charge >= 0.3 is 0 Å². The maximum atomic E-state index is 13.4. The molecule has 2 bridgehead atoms. The highest BCUT2D eigenvalue weighted by atomic mass is 16.6. The molecule has 4 unspecified atom stereocenters. The molecule has 0 spiro atoms. The Morgan fingerprint density at radius 2 is 1.59 bits per heavy atom. The number of benzene rings is 3. The first kappa shape index (κ1) is 22.7. The van der Waals surface area contributed by atoms with Gasteiger partial charge in [0.05, 0.1) is 39.2 Å². The zero-order valence-electron chi connectivity index (χ0n) is 21.9. The summed E-state index contributed by atoms with van der Waals surface area (Å²) in [6.45, 7) is 3.56. The molecule has 4 atom stereocenters. The second kappa shape index (κ2) is 7.25. The highest BCUT2D eigenvalue weighted by molar-refractivity contribution is 6.39. The van der Waals surface area contributed by atoms with Gasteiger partial charge in [-0.3, -0.25) is 19.7 Å². The molecule has 9 nitrogen and oxygen atoms in total. The summed E-state index contributed by atoms with van der Waals surface area (Å²) >= 11 is 0. The Morgan fingerprint density at radius 1 is 1.00 bits per heavy atom. The molecule has 9 heteroatoms. The number of amides is 3. The van der Waals surface area contributed by atoms with Crippen molar-refractivity contribution >= 4 is 61.3 Å². The summed E-state index contributed by atoms with van der Waals surface area (Å²) in [4.78, 5) is 41.2. The molecule has 3 amide bonds. The molecule has 39 heavy (non-hydrogen) atoms. The number of fused-ring (bicyclic) bond motifs is 13. The molecule has 0 saturated carbocycles. The van der Waals surface area contributed by atoms with Crippen LogP contribution in [-0.4, -0.2) is 58.1 Å². The van der Waals surface area contributed by atoms with Crippen LogP contribution in [0.3, 0.4) is 0 Å². The number of para-hydroxylation sites is 2. The van der Waals surface area contributed by atoms with Gasteiger partial charge in [0.15, 0.2) is 5.72 Å². The Kier molecular flexibility index (Phi) is 4.23. The lowest BCUT2D eigenvalue weighted by atomic mass is 9.91. The van der Waals surface area contributed by atoms with E-state index in [9.17, 15) is 14.4 Å². The van der Waals surface area contributed by atoms with Crippen LogP contribution in [0.2, 0.25) is 0 Å². The second-order valence-corrected chi connectivity index (χ2v) is 10.9. The minimum atomic E-state index is -1.05. The van der Waals surface area contributed by atoms with Crippen LogP contribution in [0, 0.1) is 0 Å². The SMILES string of the molecule is COC1C(N(C)C(C)=O)CC2OC1(C)n1c3ccccc3c3c4c(c5c6ccccc6n2c5c31)C(=O)NC4=O. The van der Waals surface area contributed by atoms with Crippen molar-refractivity contribution in [3.8, 4) is 0 Å². The van der Waals surface area contributed by atoms with E-state index in [1.165, 1.54) is 0 Å². The van der Waals surface area contributed by atoms with Crippen LogP contribution in [0.25, 0.3) is 43.6 Å². The Hall–Kier alpha value is -4.21. The number of likely N-dealkylation sites (N-methyl/N-ethyl adjacent to an activating group) is 1. The van der Waals surface area contributed by atoms with Gasteiger partial charge in [-0.05, 0) is 19.1 Å². The molecule has 8 rings (SSSR count). The van der Waals surface area contributed by atoms with Crippen LogP contribution in [0.4, 0.5) is 0 Å². The fourth-order valence-electron chi connectivity index (χ4n) is 7.55. The van der Waals surface area contributed by atoms with Gasteiger partial charge in [-0.15, -0.1) is 0 Å². The van der Waals surface area contributed by atoms with Crippen LogP contribution < -0.4 is 5.32 Å². The van der Waals surface area contributed by atoms with Crippen molar-refractivity contribution in [1.82, 2.24) is 19.4 Å². The van der Waals surface area contributed by atoms with Gasteiger partial charge in [0, 0.05) is 49.0 Å². The fourth-order valence-corrected chi connectivity index (χ4v) is 7.55. The lowest BCUT2D eigenvalue weighted by molar-refractivity contribution is -0.266. The molecule has 1 fully saturated rings. The van der Waals surface area contributed by atoms with Gasteiger partial charge in [0.25, 0.3) is 11.8 Å². The van der Waals surface area contributed by atoms with Gasteiger partial charge in [-0.1, -0.05) is 36.4 Å². The molecule has 3 aromatic carbocycles. The highest BCUT2D eigenvalue weighted by Crippen LogP contribution is 2.54. The summed E-state index contributed by atoms with van der Waals surface area (Å²) in [5.41, 5.74) is 3.19. The molecule has 0 radical (unpaired) electrons. The predicted octanol–water partition coefficient (Wildman–Crippen LogP) is 4.25. The quantitative estimate of drug-likeness (QED) is 0.350. The molecule has 196 valence electrons. The molecular weight excluding hydrogens is 496 g/mol. The predicted molar refractivity (Wildman–Crippen MR) is 146 cm³/mol. The van der Waals surface area contributed by atoms with Crippen molar-refractivity contribution in [2.24, 2.45) is 0 Å². The van der Waals surface area contributed by atoms with Gasteiger partial charge in [-0.2, -0.15) is 0 Å². The average Bonchev–Trinajstić information content (AvgIpc) is 3.52. The number of rotatable bonds is 2. The van der Waals surface area contributed by atoms with E-state index >= 15 is 0 Å². The summed E-state index contributed by atoms with van der Waals surface area (Å²) in [5.74, 6) is -0.847. The molecule has 5 aromatic rings. The Morgan fingerprint density at radius 3 is 2.23 bits per heavy atom. The van der Waals surface area contributed by atoms with Gasteiger partial charge in [-0.25, -0.2) is 0 Å². The summed E-state index contributed by atoms with van der Waals surface area (Å²) in [6.07, 6.45) is -0.489. The largest absolute Gasteiger partial charge is 0.374 e. The minimum Gasteiger partial charge on any atom is -0.374 e. The first-order valence-electron chi connectivity index (χ1n) is 13.1. The maximum absolute atomic E-state index is 13.4. The molecule has 1 N–H and O–H groups in total. The van der Waals surface area contributed by atoms with Crippen molar-refractivity contribution in [2.75, 3.05) is 14.2 Å². The number of nitrogens with zero attached hydrogens (tertiary/aromatic N) is 3. The Labute approximate surface area is 222 Å². The third-order valence-corrected chi connectivity index (χ3v) is 9.12. The number of carbonyl (C=O) groups excluding carboxylic acids is 3. The Bertz CT molecular complexity index is 1970. The smallest absolute Gasteiger partial charge is 0.259 e. The summed E-state index contributed by atoms with van der Waals surface area (Å²) in [6, 6.07) is 15.5. The number of imide groups is 1. The summed E-state index contributed by atoms with van der Waals surface area (Å²) in [5, 5.41) is 5.77. The van der Waals surface area contributed by atoms with Crippen LogP contribution in [0.1, 0.15) is 47.2 Å². The number of hydrogen-bond acceptors (Lipinski definition) is 5. The normalized spacial score (nSPS) is 25.6. The van der Waals surface area contributed by atoms with E-state index < -0.39 is 24.0 Å². The van der Waals surface area contributed by atoms with E-state index in [0.717, 1.165) is 43.6 Å².